The molecule has 0 radical (unpaired) electrons. The van der Waals surface area contributed by atoms with Crippen LogP contribution in [0.2, 0.25) is 0 Å². The molecule has 0 atom stereocenters. The van der Waals surface area contributed by atoms with Gasteiger partial charge in [-0.1, -0.05) is 6.58 Å². The lowest BCUT2D eigenvalue weighted by Gasteiger charge is -2.47. The molecule has 0 aromatic carbocycles. The minimum Gasteiger partial charge on any atom is -0.372 e. The number of carbonyl (C=O) groups excluding carboxylic acids is 1. The Morgan fingerprint density at radius 3 is 2.05 bits per heavy atom. The average molecular weight is 275 g/mol. The average Bonchev–Trinajstić information content (AvgIpc) is 2.46. The molecule has 0 N–H and O–H groups in total. The molecule has 0 unspecified atom stereocenters. The molecular formula is C16H25N3O. The number of hydrogen-bond acceptors (Lipinski definition) is 3. The lowest BCUT2D eigenvalue weighted by Crippen LogP contribution is -2.47. The van der Waals surface area contributed by atoms with Crippen LogP contribution in [0.1, 0.15) is 32.6 Å². The monoisotopic (exact) mass is 275 g/mol. The molecule has 2 rings (SSSR count). The number of allylic oxidation sites excluding steroid dienone is 1. The van der Waals surface area contributed by atoms with Crippen LogP contribution in [0, 0.1) is 5.41 Å². The molecule has 2 fully saturated rings. The number of likely N-dealkylation sites (tertiary alicyclic amines) is 2. The quantitative estimate of drug-likeness (QED) is 0.586. The number of piperidine rings is 2. The standard InChI is InChI=1S/C16H25N3O/c1-14(4-9-17-3)18-10-5-16(6-11-18)7-12-19(13-8-16)15(2)20/h4,9H,1,3,5-8,10-13H2,2H3/b9-4-. The zero-order valence-electron chi connectivity index (χ0n) is 12.5. The Bertz CT molecular complexity index is 409. The molecule has 0 saturated carbocycles. The summed E-state index contributed by atoms with van der Waals surface area (Å²) < 4.78 is 0. The fourth-order valence-electron chi connectivity index (χ4n) is 3.31. The maximum atomic E-state index is 11.4. The minimum absolute atomic E-state index is 0.215. The van der Waals surface area contributed by atoms with Crippen molar-refractivity contribution < 1.29 is 4.79 Å². The second-order valence-electron chi connectivity index (χ2n) is 5.98. The number of carbonyl (C=O) groups is 1. The summed E-state index contributed by atoms with van der Waals surface area (Å²) in [7, 11) is 0. The third-order valence-electron chi connectivity index (χ3n) is 4.87. The zero-order valence-corrected chi connectivity index (χ0v) is 12.5. The van der Waals surface area contributed by atoms with Crippen LogP contribution in [0.25, 0.3) is 0 Å². The van der Waals surface area contributed by atoms with Crippen LogP contribution in [0.3, 0.4) is 0 Å². The van der Waals surface area contributed by atoms with E-state index in [0.29, 0.717) is 5.41 Å². The van der Waals surface area contributed by atoms with Crippen LogP contribution < -0.4 is 0 Å². The van der Waals surface area contributed by atoms with Gasteiger partial charge in [-0.25, -0.2) is 0 Å². The lowest BCUT2D eigenvalue weighted by atomic mass is 9.71. The second-order valence-corrected chi connectivity index (χ2v) is 5.98. The van der Waals surface area contributed by atoms with E-state index in [1.807, 2.05) is 11.0 Å². The van der Waals surface area contributed by atoms with E-state index in [1.165, 1.54) is 12.8 Å². The summed E-state index contributed by atoms with van der Waals surface area (Å²) in [4.78, 5) is 19.4. The van der Waals surface area contributed by atoms with Crippen molar-refractivity contribution in [2.45, 2.75) is 32.6 Å². The van der Waals surface area contributed by atoms with Crippen molar-refractivity contribution >= 4 is 12.6 Å². The summed E-state index contributed by atoms with van der Waals surface area (Å²) in [6.45, 7) is 13.2. The maximum absolute atomic E-state index is 11.4. The van der Waals surface area contributed by atoms with E-state index < -0.39 is 0 Å². The van der Waals surface area contributed by atoms with Crippen molar-refractivity contribution in [1.82, 2.24) is 9.80 Å². The number of aliphatic imine (C=N–C) groups is 1. The van der Waals surface area contributed by atoms with Gasteiger partial charge in [0.15, 0.2) is 0 Å². The van der Waals surface area contributed by atoms with Crippen LogP contribution in [0.4, 0.5) is 0 Å². The zero-order chi connectivity index (χ0) is 14.6. The van der Waals surface area contributed by atoms with Crippen LogP contribution in [-0.2, 0) is 4.79 Å². The van der Waals surface area contributed by atoms with Crippen LogP contribution >= 0.6 is 0 Å². The molecular weight excluding hydrogens is 250 g/mol. The van der Waals surface area contributed by atoms with Gasteiger partial charge in [0.2, 0.25) is 5.91 Å². The SMILES string of the molecule is C=N/C=C\C(=C)N1CCC2(CC1)CCN(C(C)=O)CC2. The highest BCUT2D eigenvalue weighted by Gasteiger charge is 2.37. The molecule has 0 bridgehead atoms. The third-order valence-corrected chi connectivity index (χ3v) is 4.87. The fourth-order valence-corrected chi connectivity index (χ4v) is 3.31. The Hall–Kier alpha value is -1.58. The van der Waals surface area contributed by atoms with Gasteiger partial charge in [-0.2, -0.15) is 0 Å². The largest absolute Gasteiger partial charge is 0.372 e. The summed E-state index contributed by atoms with van der Waals surface area (Å²) in [5.41, 5.74) is 1.47. The summed E-state index contributed by atoms with van der Waals surface area (Å²) in [6, 6.07) is 0. The smallest absolute Gasteiger partial charge is 0.219 e. The first-order chi connectivity index (χ1) is 9.56. The third kappa shape index (κ3) is 3.30. The van der Waals surface area contributed by atoms with Gasteiger partial charge in [0.1, 0.15) is 0 Å². The van der Waals surface area contributed by atoms with Crippen molar-refractivity contribution in [3.8, 4) is 0 Å². The molecule has 0 aromatic heterocycles. The van der Waals surface area contributed by atoms with Gasteiger partial charge in [0, 0.05) is 45.0 Å². The van der Waals surface area contributed by atoms with E-state index in [1.54, 1.807) is 13.1 Å². The first kappa shape index (κ1) is 14.8. The second kappa shape index (κ2) is 6.25. The molecule has 2 aliphatic heterocycles. The molecule has 0 aromatic rings. The molecule has 0 aliphatic carbocycles. The van der Waals surface area contributed by atoms with Gasteiger partial charge < -0.3 is 9.80 Å². The normalized spacial score (nSPS) is 22.2. The summed E-state index contributed by atoms with van der Waals surface area (Å²) in [6.07, 6.45) is 8.32. The Labute approximate surface area is 121 Å². The highest BCUT2D eigenvalue weighted by Crippen LogP contribution is 2.41. The highest BCUT2D eigenvalue weighted by atomic mass is 16.2. The van der Waals surface area contributed by atoms with Crippen LogP contribution in [0.15, 0.2) is 29.5 Å². The molecule has 1 spiro atoms. The maximum Gasteiger partial charge on any atom is 0.219 e. The minimum atomic E-state index is 0.215. The van der Waals surface area contributed by atoms with E-state index in [2.05, 4.69) is 23.2 Å². The van der Waals surface area contributed by atoms with Crippen molar-refractivity contribution in [2.24, 2.45) is 10.4 Å². The Kier molecular flexibility index (Phi) is 4.63. The fraction of sp³-hybridized carbons (Fsp3) is 0.625. The lowest BCUT2D eigenvalue weighted by molar-refractivity contribution is -0.131. The van der Waals surface area contributed by atoms with E-state index in [9.17, 15) is 4.79 Å². The van der Waals surface area contributed by atoms with E-state index in [0.717, 1.165) is 44.7 Å². The summed E-state index contributed by atoms with van der Waals surface area (Å²) in [5.74, 6) is 0.215. The molecule has 4 heteroatoms. The summed E-state index contributed by atoms with van der Waals surface area (Å²) in [5, 5.41) is 0. The van der Waals surface area contributed by atoms with E-state index in [4.69, 9.17) is 0 Å². The molecule has 2 aliphatic rings. The topological polar surface area (TPSA) is 35.9 Å². The predicted molar refractivity (Wildman–Crippen MR) is 82.6 cm³/mol. The van der Waals surface area contributed by atoms with Gasteiger partial charge in [-0.3, -0.25) is 9.79 Å². The number of rotatable bonds is 3. The molecule has 4 nitrogen and oxygen atoms in total. The van der Waals surface area contributed by atoms with E-state index >= 15 is 0 Å². The van der Waals surface area contributed by atoms with Crippen LogP contribution in [-0.4, -0.2) is 48.6 Å². The van der Waals surface area contributed by atoms with Gasteiger partial charge in [0.25, 0.3) is 0 Å². The highest BCUT2D eigenvalue weighted by molar-refractivity contribution is 5.73. The molecule has 1 amide bonds. The predicted octanol–water partition coefficient (Wildman–Crippen LogP) is 2.44. The number of amides is 1. The molecule has 20 heavy (non-hydrogen) atoms. The van der Waals surface area contributed by atoms with Crippen LogP contribution in [0.5, 0.6) is 0 Å². The first-order valence-corrected chi connectivity index (χ1v) is 7.38. The molecule has 2 saturated heterocycles. The number of hydrogen-bond donors (Lipinski definition) is 0. The van der Waals surface area contributed by atoms with Gasteiger partial charge in [0.05, 0.1) is 0 Å². The van der Waals surface area contributed by atoms with Crippen molar-refractivity contribution in [3.05, 3.63) is 24.6 Å². The first-order valence-electron chi connectivity index (χ1n) is 7.38. The summed E-state index contributed by atoms with van der Waals surface area (Å²) >= 11 is 0. The Balaban J connectivity index is 1.85. The van der Waals surface area contributed by atoms with E-state index in [-0.39, 0.29) is 5.91 Å². The van der Waals surface area contributed by atoms with Crippen molar-refractivity contribution in [2.75, 3.05) is 26.2 Å². The van der Waals surface area contributed by atoms with Gasteiger partial charge >= 0.3 is 0 Å². The molecule has 110 valence electrons. The Morgan fingerprint density at radius 1 is 1.10 bits per heavy atom. The Morgan fingerprint density at radius 2 is 1.60 bits per heavy atom. The van der Waals surface area contributed by atoms with Crippen molar-refractivity contribution in [1.29, 1.82) is 0 Å². The molecule has 2 heterocycles. The van der Waals surface area contributed by atoms with Crippen molar-refractivity contribution in [3.63, 3.8) is 0 Å². The van der Waals surface area contributed by atoms with Gasteiger partial charge in [-0.05, 0) is 43.9 Å². The number of nitrogens with zero attached hydrogens (tertiary/aromatic N) is 3. The van der Waals surface area contributed by atoms with Gasteiger partial charge in [-0.15, -0.1) is 0 Å².